The molecule has 76 valence electrons. The Labute approximate surface area is 93.0 Å². The standard InChI is InChI=1S/C10H13ClN2S/c11-10-8(4-6-14-10)7-13-5-2-1-3-9(13)12/h4,6,12H,1-3,5,7H2. The summed E-state index contributed by atoms with van der Waals surface area (Å²) in [6.45, 7) is 1.81. The molecule has 1 aromatic rings. The van der Waals surface area contributed by atoms with Crippen molar-refractivity contribution in [1.29, 1.82) is 5.41 Å². The molecular weight excluding hydrogens is 216 g/mol. The van der Waals surface area contributed by atoms with Crippen LogP contribution < -0.4 is 0 Å². The summed E-state index contributed by atoms with van der Waals surface area (Å²) in [5.41, 5.74) is 1.16. The minimum atomic E-state index is 0.763. The van der Waals surface area contributed by atoms with E-state index < -0.39 is 0 Å². The molecule has 0 spiro atoms. The lowest BCUT2D eigenvalue weighted by atomic mass is 10.1. The average molecular weight is 229 g/mol. The Balaban J connectivity index is 2.03. The van der Waals surface area contributed by atoms with Gasteiger partial charge in [-0.2, -0.15) is 0 Å². The topological polar surface area (TPSA) is 27.1 Å². The third-order valence-electron chi connectivity index (χ3n) is 2.53. The van der Waals surface area contributed by atoms with Gasteiger partial charge in [0.1, 0.15) is 0 Å². The summed E-state index contributed by atoms with van der Waals surface area (Å²) >= 11 is 7.59. The van der Waals surface area contributed by atoms with Crippen molar-refractivity contribution in [2.75, 3.05) is 6.54 Å². The molecular formula is C10H13ClN2S. The van der Waals surface area contributed by atoms with Crippen LogP contribution in [0.5, 0.6) is 0 Å². The summed E-state index contributed by atoms with van der Waals surface area (Å²) in [4.78, 5) is 2.12. The van der Waals surface area contributed by atoms with Gasteiger partial charge < -0.3 is 4.90 Å². The van der Waals surface area contributed by atoms with Gasteiger partial charge in [0, 0.05) is 25.1 Å². The van der Waals surface area contributed by atoms with Crippen molar-refractivity contribution < 1.29 is 0 Å². The molecule has 0 saturated carbocycles. The smallest absolute Gasteiger partial charge is 0.0978 e. The lowest BCUT2D eigenvalue weighted by Crippen LogP contribution is -2.34. The third kappa shape index (κ3) is 2.10. The second kappa shape index (κ2) is 4.32. The molecule has 1 saturated heterocycles. The van der Waals surface area contributed by atoms with Gasteiger partial charge in [0.25, 0.3) is 0 Å². The highest BCUT2D eigenvalue weighted by Gasteiger charge is 2.16. The number of amidine groups is 1. The van der Waals surface area contributed by atoms with Crippen LogP contribution in [0.15, 0.2) is 11.4 Å². The normalized spacial score (nSPS) is 17.5. The van der Waals surface area contributed by atoms with Gasteiger partial charge in [-0.15, -0.1) is 11.3 Å². The molecule has 2 rings (SSSR count). The summed E-state index contributed by atoms with van der Waals surface area (Å²) in [7, 11) is 0. The number of hydrogen-bond acceptors (Lipinski definition) is 2. The van der Waals surface area contributed by atoms with Crippen LogP contribution in [-0.4, -0.2) is 17.3 Å². The average Bonchev–Trinajstić information content (AvgIpc) is 2.56. The van der Waals surface area contributed by atoms with Crippen LogP contribution in [-0.2, 0) is 6.54 Å². The minimum absolute atomic E-state index is 0.763. The number of halogens is 1. The molecule has 1 aliphatic heterocycles. The molecule has 1 fully saturated rings. The molecule has 0 unspecified atom stereocenters. The first-order valence-electron chi connectivity index (χ1n) is 4.81. The number of nitrogens with zero attached hydrogens (tertiary/aromatic N) is 1. The Morgan fingerprint density at radius 1 is 1.50 bits per heavy atom. The van der Waals surface area contributed by atoms with Gasteiger partial charge in [-0.1, -0.05) is 11.6 Å². The van der Waals surface area contributed by atoms with E-state index in [-0.39, 0.29) is 0 Å². The Bertz CT molecular complexity index is 335. The quantitative estimate of drug-likeness (QED) is 0.826. The summed E-state index contributed by atoms with van der Waals surface area (Å²) in [6, 6.07) is 2.05. The van der Waals surface area contributed by atoms with Crippen LogP contribution in [0.25, 0.3) is 0 Å². The van der Waals surface area contributed by atoms with Crippen molar-refractivity contribution >= 4 is 28.8 Å². The molecule has 2 nitrogen and oxygen atoms in total. The second-order valence-corrected chi connectivity index (χ2v) is 5.06. The molecule has 0 aromatic carbocycles. The van der Waals surface area contributed by atoms with Crippen LogP contribution in [0.3, 0.4) is 0 Å². The van der Waals surface area contributed by atoms with Gasteiger partial charge in [-0.25, -0.2) is 0 Å². The van der Waals surface area contributed by atoms with Crippen molar-refractivity contribution in [3.63, 3.8) is 0 Å². The minimum Gasteiger partial charge on any atom is -0.356 e. The molecule has 2 heterocycles. The SMILES string of the molecule is N=C1CCCCN1Cc1ccsc1Cl. The van der Waals surface area contributed by atoms with E-state index in [0.29, 0.717) is 0 Å². The molecule has 0 atom stereocenters. The van der Waals surface area contributed by atoms with Gasteiger partial charge >= 0.3 is 0 Å². The maximum absolute atomic E-state index is 7.81. The zero-order valence-electron chi connectivity index (χ0n) is 7.92. The van der Waals surface area contributed by atoms with Crippen LogP contribution in [0.4, 0.5) is 0 Å². The van der Waals surface area contributed by atoms with Crippen molar-refractivity contribution in [1.82, 2.24) is 4.90 Å². The Kier molecular flexibility index (Phi) is 3.08. The predicted octanol–water partition coefficient (Wildman–Crippen LogP) is 3.36. The second-order valence-electron chi connectivity index (χ2n) is 3.54. The van der Waals surface area contributed by atoms with Gasteiger partial charge in [0.05, 0.1) is 10.2 Å². The number of piperidine rings is 1. The molecule has 14 heavy (non-hydrogen) atoms. The zero-order chi connectivity index (χ0) is 9.97. The lowest BCUT2D eigenvalue weighted by molar-refractivity contribution is 0.361. The van der Waals surface area contributed by atoms with Gasteiger partial charge in [-0.05, 0) is 24.3 Å². The highest BCUT2D eigenvalue weighted by atomic mass is 35.5. The third-order valence-corrected chi connectivity index (χ3v) is 3.78. The van der Waals surface area contributed by atoms with E-state index in [0.717, 1.165) is 41.7 Å². The Hall–Kier alpha value is -0.540. The van der Waals surface area contributed by atoms with Crippen LogP contribution in [0, 0.1) is 5.41 Å². The maximum Gasteiger partial charge on any atom is 0.0978 e. The van der Waals surface area contributed by atoms with E-state index in [1.165, 1.54) is 6.42 Å². The number of hydrogen-bond donors (Lipinski definition) is 1. The predicted molar refractivity (Wildman–Crippen MR) is 61.3 cm³/mol. The number of likely N-dealkylation sites (tertiary alicyclic amines) is 1. The van der Waals surface area contributed by atoms with E-state index in [9.17, 15) is 0 Å². The Morgan fingerprint density at radius 3 is 3.00 bits per heavy atom. The summed E-state index contributed by atoms with van der Waals surface area (Å²) in [6.07, 6.45) is 3.28. The molecule has 1 aromatic heterocycles. The number of thiophene rings is 1. The van der Waals surface area contributed by atoms with Crippen LogP contribution in [0.2, 0.25) is 4.34 Å². The largest absolute Gasteiger partial charge is 0.356 e. The summed E-state index contributed by atoms with van der Waals surface area (Å²) < 4.78 is 0.864. The fourth-order valence-electron chi connectivity index (χ4n) is 1.70. The summed E-state index contributed by atoms with van der Waals surface area (Å²) in [5, 5.41) is 9.81. The highest BCUT2D eigenvalue weighted by Crippen LogP contribution is 2.25. The number of rotatable bonds is 2. The molecule has 1 aliphatic rings. The fourth-order valence-corrected chi connectivity index (χ4v) is 2.61. The highest BCUT2D eigenvalue weighted by molar-refractivity contribution is 7.14. The van der Waals surface area contributed by atoms with Gasteiger partial charge in [-0.3, -0.25) is 5.41 Å². The molecule has 0 bridgehead atoms. The molecule has 1 N–H and O–H groups in total. The fraction of sp³-hybridized carbons (Fsp3) is 0.500. The Morgan fingerprint density at radius 2 is 2.36 bits per heavy atom. The van der Waals surface area contributed by atoms with E-state index in [1.807, 2.05) is 5.38 Å². The van der Waals surface area contributed by atoms with E-state index in [2.05, 4.69) is 11.0 Å². The first kappa shape index (κ1) is 9.99. The van der Waals surface area contributed by atoms with E-state index >= 15 is 0 Å². The summed E-state index contributed by atoms with van der Waals surface area (Å²) in [5.74, 6) is 0.763. The van der Waals surface area contributed by atoms with Crippen molar-refractivity contribution in [2.24, 2.45) is 0 Å². The van der Waals surface area contributed by atoms with Crippen LogP contribution in [0.1, 0.15) is 24.8 Å². The number of nitrogens with one attached hydrogen (secondary N) is 1. The van der Waals surface area contributed by atoms with Crippen molar-refractivity contribution in [3.05, 3.63) is 21.3 Å². The zero-order valence-corrected chi connectivity index (χ0v) is 9.50. The molecule has 0 radical (unpaired) electrons. The molecule has 0 aliphatic carbocycles. The van der Waals surface area contributed by atoms with E-state index in [4.69, 9.17) is 17.0 Å². The van der Waals surface area contributed by atoms with E-state index in [1.54, 1.807) is 11.3 Å². The first-order valence-corrected chi connectivity index (χ1v) is 6.07. The van der Waals surface area contributed by atoms with Gasteiger partial charge in [0.15, 0.2) is 0 Å². The van der Waals surface area contributed by atoms with Crippen molar-refractivity contribution in [3.8, 4) is 0 Å². The monoisotopic (exact) mass is 228 g/mol. The molecule has 0 amide bonds. The van der Waals surface area contributed by atoms with Crippen molar-refractivity contribution in [2.45, 2.75) is 25.8 Å². The maximum atomic E-state index is 7.81. The first-order chi connectivity index (χ1) is 6.77. The van der Waals surface area contributed by atoms with Crippen LogP contribution >= 0.6 is 22.9 Å². The molecule has 4 heteroatoms. The lowest BCUT2D eigenvalue weighted by Gasteiger charge is -2.29. The van der Waals surface area contributed by atoms with Gasteiger partial charge in [0.2, 0.25) is 0 Å².